The maximum Gasteiger partial charge on any atom is 0.524 e. The molecular weight excluding hydrogens is 503 g/mol. The van der Waals surface area contributed by atoms with E-state index in [4.69, 9.17) is 15.5 Å². The van der Waals surface area contributed by atoms with E-state index in [0.29, 0.717) is 31.4 Å². The Morgan fingerprint density at radius 2 is 1.86 bits per heavy atom. The number of nitrogens with zero attached hydrogens (tertiary/aromatic N) is 1. The van der Waals surface area contributed by atoms with Gasteiger partial charge in [-0.1, -0.05) is 32.1 Å². The lowest BCUT2D eigenvalue weighted by Gasteiger charge is -2.29. The summed E-state index contributed by atoms with van der Waals surface area (Å²) in [7, 11) is -4.66. The summed E-state index contributed by atoms with van der Waals surface area (Å²) in [6.45, 7) is 4.33. The molecule has 1 aromatic rings. The monoisotopic (exact) mass is 536 g/mol. The highest BCUT2D eigenvalue weighted by molar-refractivity contribution is 7.46. The summed E-state index contributed by atoms with van der Waals surface area (Å²) in [5.41, 5.74) is 5.60. The largest absolute Gasteiger partial charge is 0.524 e. The molecule has 202 valence electrons. The number of amides is 4. The zero-order chi connectivity index (χ0) is 27.6. The molecule has 1 saturated heterocycles. The Morgan fingerprint density at radius 3 is 2.46 bits per heavy atom. The van der Waals surface area contributed by atoms with Gasteiger partial charge in [0.2, 0.25) is 23.6 Å². The number of primary amides is 1. The number of likely N-dealkylation sites (tertiary alicyclic amines) is 1. The molecule has 2 rings (SSSR count). The van der Waals surface area contributed by atoms with Crippen molar-refractivity contribution in [3.8, 4) is 5.75 Å². The predicted molar refractivity (Wildman–Crippen MR) is 136 cm³/mol. The first kappa shape index (κ1) is 29.8. The van der Waals surface area contributed by atoms with Gasteiger partial charge in [-0.05, 0) is 49.0 Å². The number of hydrogen-bond donors (Lipinski definition) is 5. The summed E-state index contributed by atoms with van der Waals surface area (Å²) in [4.78, 5) is 68.5. The van der Waals surface area contributed by atoms with Crippen molar-refractivity contribution in [1.29, 1.82) is 0 Å². The average molecular weight is 537 g/mol. The Kier molecular flexibility index (Phi) is 11.0. The van der Waals surface area contributed by atoms with E-state index >= 15 is 0 Å². The zero-order valence-electron chi connectivity index (χ0n) is 20.7. The molecule has 12 nitrogen and oxygen atoms in total. The second kappa shape index (κ2) is 13.7. The first-order valence-electron chi connectivity index (χ1n) is 11.7. The third kappa shape index (κ3) is 10.6. The number of hydrogen-bond acceptors (Lipinski definition) is 6. The van der Waals surface area contributed by atoms with E-state index in [0.717, 1.165) is 6.08 Å². The molecule has 0 saturated carbocycles. The summed E-state index contributed by atoms with van der Waals surface area (Å²) in [5, 5.41) is 5.39. The van der Waals surface area contributed by atoms with Gasteiger partial charge in [-0.3, -0.25) is 29.0 Å². The Morgan fingerprint density at radius 1 is 1.19 bits per heavy atom. The van der Waals surface area contributed by atoms with Gasteiger partial charge >= 0.3 is 7.82 Å². The van der Waals surface area contributed by atoms with Crippen LogP contribution in [0.3, 0.4) is 0 Å². The molecule has 1 heterocycles. The van der Waals surface area contributed by atoms with Crippen LogP contribution in [0, 0.1) is 5.92 Å². The van der Waals surface area contributed by atoms with Crippen molar-refractivity contribution >= 4 is 37.5 Å². The van der Waals surface area contributed by atoms with Gasteiger partial charge < -0.3 is 25.8 Å². The summed E-state index contributed by atoms with van der Waals surface area (Å²) in [5.74, 6) is -1.76. The maximum atomic E-state index is 13.3. The number of nitrogens with two attached hydrogens (primary N) is 1. The van der Waals surface area contributed by atoms with Crippen LogP contribution >= 0.6 is 7.82 Å². The number of rotatable bonds is 12. The van der Waals surface area contributed by atoms with Crippen LogP contribution in [0.15, 0.2) is 42.5 Å². The molecule has 0 aliphatic carbocycles. The van der Waals surface area contributed by atoms with Gasteiger partial charge in [0.15, 0.2) is 0 Å². The number of phosphoric ester groups is 1. The van der Waals surface area contributed by atoms with Crippen LogP contribution in [0.2, 0.25) is 0 Å². The number of phosphoric acid groups is 1. The minimum Gasteiger partial charge on any atom is -0.404 e. The molecule has 0 bridgehead atoms. The Hall–Kier alpha value is -3.47. The molecule has 0 spiro atoms. The fourth-order valence-electron chi connectivity index (χ4n) is 3.82. The first-order valence-corrected chi connectivity index (χ1v) is 13.3. The molecule has 1 aliphatic heterocycles. The van der Waals surface area contributed by atoms with Crippen LogP contribution in [0.1, 0.15) is 38.7 Å². The number of carbonyl (C=O) groups is 4. The third-order valence-corrected chi connectivity index (χ3v) is 5.82. The van der Waals surface area contributed by atoms with Crippen LogP contribution < -0.4 is 20.9 Å². The van der Waals surface area contributed by atoms with Crippen LogP contribution in [-0.4, -0.2) is 63.5 Å². The van der Waals surface area contributed by atoms with Crippen LogP contribution in [-0.2, 0) is 23.7 Å². The standard InChI is InChI=1S/C24H33N4O8P/c1-16(2)15-19(24(32)28-14-4-5-20(28)23(31)26-13-3-6-21(25)29)27-22(30)12-9-17-7-10-18(11-8-17)36-37(33,34)35/h3,6-12,16,19-20H,4-5,13-15H2,1-2H3,(H2,25,29)(H,26,31)(H,27,30)(H2,33,34,35)/b6-3-,12-9+/t19-,20-/m0/s1. The number of nitrogens with one attached hydrogen (secondary N) is 2. The molecule has 6 N–H and O–H groups in total. The fourth-order valence-corrected chi connectivity index (χ4v) is 4.21. The summed E-state index contributed by atoms with van der Waals surface area (Å²) >= 11 is 0. The van der Waals surface area contributed by atoms with E-state index in [9.17, 15) is 23.7 Å². The van der Waals surface area contributed by atoms with Crippen molar-refractivity contribution in [2.75, 3.05) is 13.1 Å². The third-order valence-electron chi connectivity index (χ3n) is 5.37. The van der Waals surface area contributed by atoms with E-state index in [2.05, 4.69) is 15.2 Å². The zero-order valence-corrected chi connectivity index (χ0v) is 21.6. The molecule has 13 heteroatoms. The lowest BCUT2D eigenvalue weighted by atomic mass is 10.0. The highest BCUT2D eigenvalue weighted by atomic mass is 31.2. The van der Waals surface area contributed by atoms with E-state index in [1.165, 1.54) is 47.4 Å². The van der Waals surface area contributed by atoms with Gasteiger partial charge in [-0.15, -0.1) is 0 Å². The second-order valence-electron chi connectivity index (χ2n) is 8.91. The van der Waals surface area contributed by atoms with Crippen molar-refractivity contribution in [1.82, 2.24) is 15.5 Å². The lowest BCUT2D eigenvalue weighted by Crippen LogP contribution is -2.53. The molecule has 0 radical (unpaired) electrons. The number of benzene rings is 1. The summed E-state index contributed by atoms with van der Waals surface area (Å²) in [6, 6.07) is 4.22. The molecule has 37 heavy (non-hydrogen) atoms. The van der Waals surface area contributed by atoms with Crippen molar-refractivity contribution in [2.45, 2.75) is 45.2 Å². The van der Waals surface area contributed by atoms with Crippen molar-refractivity contribution in [2.24, 2.45) is 11.7 Å². The Balaban J connectivity index is 2.03. The van der Waals surface area contributed by atoms with Gasteiger partial charge in [0.25, 0.3) is 0 Å². The molecule has 0 unspecified atom stereocenters. The highest BCUT2D eigenvalue weighted by Gasteiger charge is 2.37. The average Bonchev–Trinajstić information content (AvgIpc) is 3.29. The van der Waals surface area contributed by atoms with Crippen LogP contribution in [0.4, 0.5) is 0 Å². The van der Waals surface area contributed by atoms with E-state index < -0.39 is 31.7 Å². The minimum absolute atomic E-state index is 0.0226. The second-order valence-corrected chi connectivity index (χ2v) is 10.1. The van der Waals surface area contributed by atoms with Crippen molar-refractivity contribution in [3.63, 3.8) is 0 Å². The van der Waals surface area contributed by atoms with E-state index in [1.54, 1.807) is 0 Å². The van der Waals surface area contributed by atoms with Gasteiger partial charge in [-0.2, -0.15) is 0 Å². The number of carbonyl (C=O) groups excluding carboxylic acids is 4. The predicted octanol–water partition coefficient (Wildman–Crippen LogP) is 0.851. The molecule has 2 atom stereocenters. The Labute approximate surface area is 215 Å². The normalized spacial score (nSPS) is 16.8. The van der Waals surface area contributed by atoms with Crippen LogP contribution in [0.5, 0.6) is 5.75 Å². The topological polar surface area (TPSA) is 188 Å². The van der Waals surface area contributed by atoms with Gasteiger partial charge in [-0.25, -0.2) is 4.57 Å². The van der Waals surface area contributed by atoms with E-state index in [1.807, 2.05) is 13.8 Å². The molecule has 0 aromatic heterocycles. The quantitative estimate of drug-likeness (QED) is 0.192. The maximum absolute atomic E-state index is 13.3. The molecule has 1 aromatic carbocycles. The summed E-state index contributed by atoms with van der Waals surface area (Å²) in [6.07, 6.45) is 6.81. The van der Waals surface area contributed by atoms with Crippen molar-refractivity contribution < 1.29 is 38.1 Å². The molecular formula is C24H33N4O8P. The first-order chi connectivity index (χ1) is 17.4. The lowest BCUT2D eigenvalue weighted by molar-refractivity contribution is -0.141. The van der Waals surface area contributed by atoms with Crippen molar-refractivity contribution in [3.05, 3.63) is 48.1 Å². The smallest absolute Gasteiger partial charge is 0.404 e. The van der Waals surface area contributed by atoms with Crippen LogP contribution in [0.25, 0.3) is 6.08 Å². The molecule has 4 amide bonds. The molecule has 1 fully saturated rings. The Bertz CT molecular complexity index is 1080. The summed E-state index contributed by atoms with van der Waals surface area (Å²) < 4.78 is 15.4. The minimum atomic E-state index is -4.66. The highest BCUT2D eigenvalue weighted by Crippen LogP contribution is 2.37. The van der Waals surface area contributed by atoms with Gasteiger partial charge in [0, 0.05) is 25.2 Å². The van der Waals surface area contributed by atoms with E-state index in [-0.39, 0.29) is 30.0 Å². The van der Waals surface area contributed by atoms with Gasteiger partial charge in [0.1, 0.15) is 17.8 Å². The fraction of sp³-hybridized carbons (Fsp3) is 0.417. The SMILES string of the molecule is CC(C)C[C@H](NC(=O)/C=C/c1ccc(OP(=O)(O)O)cc1)C(=O)N1CCC[C@H]1C(=O)NC/C=C\C(N)=O. The van der Waals surface area contributed by atoms with Gasteiger partial charge in [0.05, 0.1) is 0 Å². The molecule has 1 aliphatic rings.